The molecule has 2 nitrogen and oxygen atoms in total. The number of hydrogen-bond acceptors (Lipinski definition) is 2. The molecule has 0 saturated carbocycles. The highest BCUT2D eigenvalue weighted by Gasteiger charge is 2.29. The van der Waals surface area contributed by atoms with Gasteiger partial charge in [-0.2, -0.15) is 0 Å². The van der Waals surface area contributed by atoms with E-state index in [4.69, 9.17) is 4.74 Å². The SMILES string of the molecule is CCCCC(=O)C(C)(CC)OC. The Bertz CT molecular complexity index is 137. The molecule has 0 saturated heterocycles. The topological polar surface area (TPSA) is 26.3 Å². The average Bonchev–Trinajstić information content (AvgIpc) is 2.12. The third kappa shape index (κ3) is 2.94. The van der Waals surface area contributed by atoms with Gasteiger partial charge in [0.1, 0.15) is 5.60 Å². The number of unbranched alkanes of at least 4 members (excludes halogenated alkanes) is 1. The fraction of sp³-hybridized carbons (Fsp3) is 0.900. The second kappa shape index (κ2) is 5.31. The lowest BCUT2D eigenvalue weighted by molar-refractivity contribution is -0.139. The summed E-state index contributed by atoms with van der Waals surface area (Å²) in [7, 11) is 1.60. The van der Waals surface area contributed by atoms with E-state index in [0.29, 0.717) is 6.42 Å². The van der Waals surface area contributed by atoms with Gasteiger partial charge >= 0.3 is 0 Å². The Hall–Kier alpha value is -0.370. The first-order valence-corrected chi connectivity index (χ1v) is 4.69. The van der Waals surface area contributed by atoms with Crippen LogP contribution in [0.5, 0.6) is 0 Å². The first-order valence-electron chi connectivity index (χ1n) is 4.69. The van der Waals surface area contributed by atoms with Crippen molar-refractivity contribution < 1.29 is 9.53 Å². The predicted molar refractivity (Wildman–Crippen MR) is 50.2 cm³/mol. The maximum absolute atomic E-state index is 11.6. The van der Waals surface area contributed by atoms with Crippen molar-refractivity contribution in [1.82, 2.24) is 0 Å². The van der Waals surface area contributed by atoms with Crippen LogP contribution in [0.15, 0.2) is 0 Å². The minimum absolute atomic E-state index is 0.231. The molecule has 0 aliphatic heterocycles. The van der Waals surface area contributed by atoms with Crippen molar-refractivity contribution in [1.29, 1.82) is 0 Å². The number of Topliss-reactive ketones (excluding diaryl/α,β-unsaturated/α-hetero) is 1. The molecule has 0 N–H and O–H groups in total. The van der Waals surface area contributed by atoms with Gasteiger partial charge in [-0.1, -0.05) is 20.3 Å². The summed E-state index contributed by atoms with van der Waals surface area (Å²) in [6.45, 7) is 5.93. The van der Waals surface area contributed by atoms with Crippen LogP contribution in [0.3, 0.4) is 0 Å². The molecule has 0 heterocycles. The Kier molecular flexibility index (Phi) is 5.14. The van der Waals surface area contributed by atoms with Crippen LogP contribution < -0.4 is 0 Å². The molecule has 0 aromatic carbocycles. The molecule has 0 amide bonds. The highest BCUT2D eigenvalue weighted by Crippen LogP contribution is 2.18. The van der Waals surface area contributed by atoms with Crippen LogP contribution in [0, 0.1) is 0 Å². The van der Waals surface area contributed by atoms with Gasteiger partial charge in [-0.15, -0.1) is 0 Å². The molecule has 12 heavy (non-hydrogen) atoms. The molecule has 0 radical (unpaired) electrons. The van der Waals surface area contributed by atoms with E-state index < -0.39 is 5.60 Å². The molecule has 0 aliphatic carbocycles. The van der Waals surface area contributed by atoms with E-state index in [1.54, 1.807) is 7.11 Å². The van der Waals surface area contributed by atoms with Gasteiger partial charge in [0.15, 0.2) is 5.78 Å². The van der Waals surface area contributed by atoms with Crippen LogP contribution in [-0.4, -0.2) is 18.5 Å². The van der Waals surface area contributed by atoms with Crippen LogP contribution in [0.25, 0.3) is 0 Å². The Labute approximate surface area is 75.3 Å². The quantitative estimate of drug-likeness (QED) is 0.615. The first kappa shape index (κ1) is 11.6. The van der Waals surface area contributed by atoms with Gasteiger partial charge in [0.05, 0.1) is 0 Å². The molecule has 2 heteroatoms. The van der Waals surface area contributed by atoms with Crippen molar-refractivity contribution in [2.24, 2.45) is 0 Å². The number of carbonyl (C=O) groups is 1. The molecular weight excluding hydrogens is 152 g/mol. The summed E-state index contributed by atoms with van der Waals surface area (Å²) >= 11 is 0. The smallest absolute Gasteiger partial charge is 0.164 e. The third-order valence-electron chi connectivity index (χ3n) is 2.47. The van der Waals surface area contributed by atoms with Crippen molar-refractivity contribution in [3.63, 3.8) is 0 Å². The Morgan fingerprint density at radius 2 is 2.00 bits per heavy atom. The lowest BCUT2D eigenvalue weighted by Gasteiger charge is -2.24. The van der Waals surface area contributed by atoms with Gasteiger partial charge in [0.25, 0.3) is 0 Å². The lowest BCUT2D eigenvalue weighted by Crippen LogP contribution is -2.36. The molecule has 0 bridgehead atoms. The summed E-state index contributed by atoms with van der Waals surface area (Å²) in [6, 6.07) is 0. The Morgan fingerprint density at radius 1 is 1.42 bits per heavy atom. The Balaban J connectivity index is 4.03. The van der Waals surface area contributed by atoms with Crippen molar-refractivity contribution in [2.45, 2.75) is 52.1 Å². The molecule has 72 valence electrons. The maximum Gasteiger partial charge on any atom is 0.164 e. The predicted octanol–water partition coefficient (Wildman–Crippen LogP) is 2.56. The zero-order valence-electron chi connectivity index (χ0n) is 8.64. The number of ketones is 1. The minimum Gasteiger partial charge on any atom is -0.371 e. The van der Waals surface area contributed by atoms with Crippen LogP contribution in [0.4, 0.5) is 0 Å². The van der Waals surface area contributed by atoms with E-state index in [1.165, 1.54) is 0 Å². The van der Waals surface area contributed by atoms with E-state index in [0.717, 1.165) is 19.3 Å². The highest BCUT2D eigenvalue weighted by molar-refractivity contribution is 5.86. The van der Waals surface area contributed by atoms with Crippen molar-refractivity contribution >= 4 is 5.78 Å². The maximum atomic E-state index is 11.6. The van der Waals surface area contributed by atoms with Crippen LogP contribution in [-0.2, 0) is 9.53 Å². The van der Waals surface area contributed by atoms with Crippen LogP contribution in [0.2, 0.25) is 0 Å². The summed E-state index contributed by atoms with van der Waals surface area (Å²) in [6.07, 6.45) is 3.44. The number of hydrogen-bond donors (Lipinski definition) is 0. The van der Waals surface area contributed by atoms with Crippen molar-refractivity contribution in [2.75, 3.05) is 7.11 Å². The van der Waals surface area contributed by atoms with Crippen LogP contribution >= 0.6 is 0 Å². The van der Waals surface area contributed by atoms with Crippen molar-refractivity contribution in [3.8, 4) is 0 Å². The number of rotatable bonds is 6. The normalized spacial score (nSPS) is 15.7. The fourth-order valence-electron chi connectivity index (χ4n) is 1.06. The number of carbonyl (C=O) groups excluding carboxylic acids is 1. The second-order valence-corrected chi connectivity index (χ2v) is 3.32. The molecule has 0 fully saturated rings. The molecule has 0 aromatic rings. The molecule has 0 rings (SSSR count). The van der Waals surface area contributed by atoms with Gasteiger partial charge in [-0.05, 0) is 19.8 Å². The molecule has 1 unspecified atom stereocenters. The van der Waals surface area contributed by atoms with E-state index >= 15 is 0 Å². The van der Waals surface area contributed by atoms with Gasteiger partial charge in [-0.25, -0.2) is 0 Å². The van der Waals surface area contributed by atoms with E-state index in [1.807, 2.05) is 13.8 Å². The van der Waals surface area contributed by atoms with Gasteiger partial charge < -0.3 is 4.74 Å². The lowest BCUT2D eigenvalue weighted by atomic mass is 9.94. The van der Waals surface area contributed by atoms with E-state index in [2.05, 4.69) is 6.92 Å². The van der Waals surface area contributed by atoms with Gasteiger partial charge in [-0.3, -0.25) is 4.79 Å². The summed E-state index contributed by atoms with van der Waals surface area (Å²) in [5, 5.41) is 0. The molecular formula is C10H20O2. The zero-order valence-corrected chi connectivity index (χ0v) is 8.64. The van der Waals surface area contributed by atoms with Crippen LogP contribution in [0.1, 0.15) is 46.5 Å². The first-order chi connectivity index (χ1) is 5.60. The summed E-state index contributed by atoms with van der Waals surface area (Å²) in [5.74, 6) is 0.231. The largest absolute Gasteiger partial charge is 0.371 e. The third-order valence-corrected chi connectivity index (χ3v) is 2.47. The fourth-order valence-corrected chi connectivity index (χ4v) is 1.06. The number of ether oxygens (including phenoxy) is 1. The summed E-state index contributed by atoms with van der Waals surface area (Å²) < 4.78 is 5.20. The van der Waals surface area contributed by atoms with Crippen molar-refractivity contribution in [3.05, 3.63) is 0 Å². The molecule has 0 aromatic heterocycles. The van der Waals surface area contributed by atoms with Gasteiger partial charge in [0.2, 0.25) is 0 Å². The summed E-state index contributed by atoms with van der Waals surface area (Å²) in [4.78, 5) is 11.6. The standard InChI is InChI=1S/C10H20O2/c1-5-7-8-9(11)10(3,6-2)12-4/h5-8H2,1-4H3. The summed E-state index contributed by atoms with van der Waals surface area (Å²) in [5.41, 5.74) is -0.546. The van der Waals surface area contributed by atoms with E-state index in [-0.39, 0.29) is 5.78 Å². The van der Waals surface area contributed by atoms with Gasteiger partial charge in [0, 0.05) is 13.5 Å². The highest BCUT2D eigenvalue weighted by atomic mass is 16.5. The average molecular weight is 172 g/mol. The monoisotopic (exact) mass is 172 g/mol. The Morgan fingerprint density at radius 3 is 2.33 bits per heavy atom. The zero-order chi connectivity index (χ0) is 9.61. The molecule has 0 spiro atoms. The minimum atomic E-state index is -0.546. The van der Waals surface area contributed by atoms with E-state index in [9.17, 15) is 4.79 Å². The molecule has 1 atom stereocenters. The second-order valence-electron chi connectivity index (χ2n) is 3.32. The molecule has 0 aliphatic rings. The number of methoxy groups -OCH3 is 1.